The molecular formula is C22H18O5. The van der Waals surface area contributed by atoms with Crippen molar-refractivity contribution in [2.45, 2.75) is 0 Å². The maximum Gasteiger partial charge on any atom is 0.158 e. The van der Waals surface area contributed by atoms with Gasteiger partial charge in [0.2, 0.25) is 0 Å². The average molecular weight is 362 g/mol. The Kier molecular flexibility index (Phi) is 5.33. The monoisotopic (exact) mass is 362 g/mol. The predicted octanol–water partition coefficient (Wildman–Crippen LogP) is 5.14. The first kappa shape index (κ1) is 17.9. The van der Waals surface area contributed by atoms with Crippen molar-refractivity contribution in [2.75, 3.05) is 0 Å². The van der Waals surface area contributed by atoms with E-state index in [1.54, 1.807) is 60.7 Å². The molecule has 0 saturated heterocycles. The van der Waals surface area contributed by atoms with E-state index in [1.165, 1.54) is 0 Å². The third kappa shape index (κ3) is 4.83. The second-order valence-corrected chi connectivity index (χ2v) is 5.78. The van der Waals surface area contributed by atoms with Crippen LogP contribution in [0.5, 0.6) is 34.5 Å². The van der Waals surface area contributed by atoms with Crippen molar-refractivity contribution >= 4 is 10.8 Å². The Hall–Kier alpha value is -3.86. The van der Waals surface area contributed by atoms with Crippen molar-refractivity contribution in [3.8, 4) is 34.5 Å². The molecule has 0 aliphatic heterocycles. The Morgan fingerprint density at radius 3 is 1.22 bits per heavy atom. The van der Waals surface area contributed by atoms with Gasteiger partial charge < -0.3 is 25.2 Å². The maximum atomic E-state index is 9.17. The number of phenols is 4. The molecule has 0 radical (unpaired) electrons. The fourth-order valence-corrected chi connectivity index (χ4v) is 2.38. The lowest BCUT2D eigenvalue weighted by atomic mass is 10.1. The standard InChI is InChI=1S/C12H10O3.C10H8O2/c13-9-1-5-11(6-2-9)15-12-7-3-10(14)4-8-12;11-9-5-7-3-1-2-4-8(7)6-10(9)12/h1-8,13-14H;1-6,11-12H. The molecule has 0 fully saturated rings. The van der Waals surface area contributed by atoms with E-state index in [-0.39, 0.29) is 23.0 Å². The summed E-state index contributed by atoms with van der Waals surface area (Å²) in [4.78, 5) is 0. The van der Waals surface area contributed by atoms with E-state index in [4.69, 9.17) is 25.2 Å². The van der Waals surface area contributed by atoms with Crippen LogP contribution >= 0.6 is 0 Å². The van der Waals surface area contributed by atoms with E-state index in [1.807, 2.05) is 24.3 Å². The van der Waals surface area contributed by atoms with Gasteiger partial charge in [0.25, 0.3) is 0 Å². The van der Waals surface area contributed by atoms with Crippen LogP contribution in [0.15, 0.2) is 84.9 Å². The summed E-state index contributed by atoms with van der Waals surface area (Å²) in [6.45, 7) is 0. The molecule has 136 valence electrons. The molecule has 0 aliphatic rings. The highest BCUT2D eigenvalue weighted by Crippen LogP contribution is 2.29. The predicted molar refractivity (Wildman–Crippen MR) is 104 cm³/mol. The molecule has 4 N–H and O–H groups in total. The minimum absolute atomic E-state index is 0.0753. The average Bonchev–Trinajstić information content (AvgIpc) is 2.67. The molecule has 4 aromatic rings. The number of ether oxygens (including phenoxy) is 1. The zero-order chi connectivity index (χ0) is 19.2. The van der Waals surface area contributed by atoms with Gasteiger partial charge in [-0.3, -0.25) is 0 Å². The van der Waals surface area contributed by atoms with Gasteiger partial charge in [-0.25, -0.2) is 0 Å². The highest BCUT2D eigenvalue weighted by Gasteiger charge is 2.00. The van der Waals surface area contributed by atoms with Crippen molar-refractivity contribution in [3.63, 3.8) is 0 Å². The molecular weight excluding hydrogens is 344 g/mol. The van der Waals surface area contributed by atoms with Crippen LogP contribution in [0.4, 0.5) is 0 Å². The van der Waals surface area contributed by atoms with Gasteiger partial charge in [0.1, 0.15) is 23.0 Å². The van der Waals surface area contributed by atoms with E-state index in [0.29, 0.717) is 11.5 Å². The van der Waals surface area contributed by atoms with Crippen LogP contribution < -0.4 is 4.74 Å². The summed E-state index contributed by atoms with van der Waals surface area (Å²) < 4.78 is 5.47. The van der Waals surface area contributed by atoms with E-state index < -0.39 is 0 Å². The Balaban J connectivity index is 0.000000159. The second kappa shape index (κ2) is 8.01. The number of hydrogen-bond acceptors (Lipinski definition) is 5. The molecule has 0 bridgehead atoms. The quantitative estimate of drug-likeness (QED) is 0.371. The highest BCUT2D eigenvalue weighted by atomic mass is 16.5. The van der Waals surface area contributed by atoms with Crippen LogP contribution in [0, 0.1) is 0 Å². The third-order valence-corrected chi connectivity index (χ3v) is 3.75. The van der Waals surface area contributed by atoms with Crippen molar-refractivity contribution in [2.24, 2.45) is 0 Å². The van der Waals surface area contributed by atoms with Crippen molar-refractivity contribution in [1.82, 2.24) is 0 Å². The Morgan fingerprint density at radius 1 is 0.481 bits per heavy atom. The van der Waals surface area contributed by atoms with Crippen LogP contribution in [0.25, 0.3) is 10.8 Å². The van der Waals surface area contributed by atoms with Crippen LogP contribution in [0.1, 0.15) is 0 Å². The first-order valence-electron chi connectivity index (χ1n) is 8.18. The van der Waals surface area contributed by atoms with E-state index in [9.17, 15) is 0 Å². The van der Waals surface area contributed by atoms with E-state index in [2.05, 4.69) is 0 Å². The van der Waals surface area contributed by atoms with Gasteiger partial charge in [0, 0.05) is 0 Å². The van der Waals surface area contributed by atoms with Gasteiger partial charge in [-0.2, -0.15) is 0 Å². The van der Waals surface area contributed by atoms with Gasteiger partial charge in [0.15, 0.2) is 11.5 Å². The molecule has 4 aromatic carbocycles. The zero-order valence-corrected chi connectivity index (χ0v) is 14.3. The van der Waals surface area contributed by atoms with Crippen LogP contribution in [-0.4, -0.2) is 20.4 Å². The normalized spacial score (nSPS) is 10.1. The SMILES string of the molecule is Oc1cc2ccccc2cc1O.Oc1ccc(Oc2ccc(O)cc2)cc1. The lowest BCUT2D eigenvalue weighted by molar-refractivity contribution is 0.405. The highest BCUT2D eigenvalue weighted by molar-refractivity contribution is 5.85. The largest absolute Gasteiger partial charge is 0.508 e. The molecule has 0 aliphatic carbocycles. The Morgan fingerprint density at radius 2 is 0.852 bits per heavy atom. The van der Waals surface area contributed by atoms with E-state index in [0.717, 1.165) is 10.8 Å². The van der Waals surface area contributed by atoms with Crippen molar-refractivity contribution in [3.05, 3.63) is 84.9 Å². The first-order valence-corrected chi connectivity index (χ1v) is 8.18. The molecule has 0 amide bonds. The smallest absolute Gasteiger partial charge is 0.158 e. The molecule has 5 heteroatoms. The third-order valence-electron chi connectivity index (χ3n) is 3.75. The number of hydrogen-bond donors (Lipinski definition) is 4. The first-order chi connectivity index (χ1) is 13.0. The molecule has 0 atom stereocenters. The van der Waals surface area contributed by atoms with Gasteiger partial charge in [-0.15, -0.1) is 0 Å². The second-order valence-electron chi connectivity index (χ2n) is 5.78. The maximum absolute atomic E-state index is 9.17. The summed E-state index contributed by atoms with van der Waals surface area (Å²) in [5.41, 5.74) is 0. The number of phenolic OH excluding ortho intramolecular Hbond substituents is 4. The Bertz CT molecular complexity index is 941. The summed E-state index contributed by atoms with van der Waals surface area (Å²) in [7, 11) is 0. The summed E-state index contributed by atoms with van der Waals surface area (Å²) in [5.74, 6) is 1.53. The summed E-state index contributed by atoms with van der Waals surface area (Å²) in [6.07, 6.45) is 0. The number of rotatable bonds is 2. The Labute approximate surface area is 156 Å². The van der Waals surface area contributed by atoms with E-state index >= 15 is 0 Å². The molecule has 0 aromatic heterocycles. The summed E-state index contributed by atoms with van der Waals surface area (Å²) in [5, 5.41) is 38.3. The summed E-state index contributed by atoms with van der Waals surface area (Å²) in [6, 6.07) is 23.5. The van der Waals surface area contributed by atoms with Crippen LogP contribution in [0.2, 0.25) is 0 Å². The molecule has 0 unspecified atom stereocenters. The minimum Gasteiger partial charge on any atom is -0.508 e. The number of benzene rings is 4. The molecule has 5 nitrogen and oxygen atoms in total. The molecule has 0 heterocycles. The topological polar surface area (TPSA) is 90.2 Å². The zero-order valence-electron chi connectivity index (χ0n) is 14.3. The summed E-state index contributed by atoms with van der Waals surface area (Å²) >= 11 is 0. The van der Waals surface area contributed by atoms with Crippen LogP contribution in [-0.2, 0) is 0 Å². The molecule has 0 spiro atoms. The molecule has 4 rings (SSSR count). The fraction of sp³-hybridized carbons (Fsp3) is 0. The van der Waals surface area contributed by atoms with Crippen molar-refractivity contribution < 1.29 is 25.2 Å². The fourth-order valence-electron chi connectivity index (χ4n) is 2.38. The molecule has 27 heavy (non-hydrogen) atoms. The number of aromatic hydroxyl groups is 4. The van der Waals surface area contributed by atoms with Gasteiger partial charge in [0.05, 0.1) is 0 Å². The molecule has 0 saturated carbocycles. The van der Waals surface area contributed by atoms with Crippen molar-refractivity contribution in [1.29, 1.82) is 0 Å². The van der Waals surface area contributed by atoms with Gasteiger partial charge in [-0.05, 0) is 71.4 Å². The lowest BCUT2D eigenvalue weighted by Gasteiger charge is -2.05. The minimum atomic E-state index is -0.0753. The lowest BCUT2D eigenvalue weighted by Crippen LogP contribution is -1.82. The number of fused-ring (bicyclic) bond motifs is 1. The van der Waals surface area contributed by atoms with Gasteiger partial charge >= 0.3 is 0 Å². The van der Waals surface area contributed by atoms with Crippen LogP contribution in [0.3, 0.4) is 0 Å². The van der Waals surface area contributed by atoms with Gasteiger partial charge in [-0.1, -0.05) is 24.3 Å².